The van der Waals surface area contributed by atoms with Crippen molar-refractivity contribution in [2.75, 3.05) is 12.4 Å². The van der Waals surface area contributed by atoms with Crippen LogP contribution in [0.4, 0.5) is 0 Å². The number of halogens is 1. The predicted octanol–water partition coefficient (Wildman–Crippen LogP) is 4.48. The first kappa shape index (κ1) is 15.5. The Hall–Kier alpha value is -0.530. The van der Waals surface area contributed by atoms with E-state index < -0.39 is 0 Å². The molecule has 18 heavy (non-hydrogen) atoms. The molecule has 0 atom stereocenters. The lowest BCUT2D eigenvalue weighted by Gasteiger charge is -2.19. The molecule has 1 rings (SSSR count). The summed E-state index contributed by atoms with van der Waals surface area (Å²) >= 11 is 5.64. The molecule has 0 aromatic heterocycles. The standard InChI is InChI=1S/C16H26ClN/c1-16(2,3)15-9-7-14(8-10-15)13-18-12-6-4-5-11-17/h7-10,18H,4-6,11-13H2,1-3H3. The first-order valence-electron chi connectivity index (χ1n) is 6.90. The van der Waals surface area contributed by atoms with Crippen LogP contribution < -0.4 is 5.32 Å². The lowest BCUT2D eigenvalue weighted by atomic mass is 9.87. The molecule has 0 unspecified atom stereocenters. The Bertz CT molecular complexity index is 324. The van der Waals surface area contributed by atoms with Gasteiger partial charge in [-0.2, -0.15) is 0 Å². The van der Waals surface area contributed by atoms with Crippen molar-refractivity contribution < 1.29 is 0 Å². The van der Waals surface area contributed by atoms with Crippen molar-refractivity contribution in [1.29, 1.82) is 0 Å². The molecule has 0 heterocycles. The fraction of sp³-hybridized carbons (Fsp3) is 0.625. The van der Waals surface area contributed by atoms with Crippen LogP contribution in [-0.2, 0) is 12.0 Å². The van der Waals surface area contributed by atoms with Gasteiger partial charge in [0.1, 0.15) is 0 Å². The van der Waals surface area contributed by atoms with Crippen LogP contribution in [0.5, 0.6) is 0 Å². The highest BCUT2D eigenvalue weighted by molar-refractivity contribution is 6.17. The zero-order valence-electron chi connectivity index (χ0n) is 11.9. The van der Waals surface area contributed by atoms with Gasteiger partial charge in [-0.3, -0.25) is 0 Å². The minimum atomic E-state index is 0.244. The van der Waals surface area contributed by atoms with E-state index in [4.69, 9.17) is 11.6 Å². The van der Waals surface area contributed by atoms with E-state index in [0.717, 1.165) is 25.4 Å². The molecule has 0 fully saturated rings. The average Bonchev–Trinajstić information content (AvgIpc) is 2.33. The summed E-state index contributed by atoms with van der Waals surface area (Å²) in [5, 5.41) is 3.48. The molecule has 1 aromatic rings. The predicted molar refractivity (Wildman–Crippen MR) is 81.4 cm³/mol. The molecule has 0 aliphatic carbocycles. The smallest absolute Gasteiger partial charge is 0.0223 e. The number of benzene rings is 1. The third kappa shape index (κ3) is 5.88. The molecule has 0 amide bonds. The summed E-state index contributed by atoms with van der Waals surface area (Å²) in [5.41, 5.74) is 3.00. The van der Waals surface area contributed by atoms with Gasteiger partial charge >= 0.3 is 0 Å². The number of unbranched alkanes of at least 4 members (excludes halogenated alkanes) is 2. The first-order valence-corrected chi connectivity index (χ1v) is 7.43. The van der Waals surface area contributed by atoms with E-state index in [0.29, 0.717) is 0 Å². The van der Waals surface area contributed by atoms with E-state index in [9.17, 15) is 0 Å². The molecule has 0 spiro atoms. The minimum Gasteiger partial charge on any atom is -0.313 e. The van der Waals surface area contributed by atoms with E-state index >= 15 is 0 Å². The summed E-state index contributed by atoms with van der Waals surface area (Å²) in [6.45, 7) is 8.79. The summed E-state index contributed by atoms with van der Waals surface area (Å²) in [5.74, 6) is 0.786. The number of hydrogen-bond acceptors (Lipinski definition) is 1. The fourth-order valence-corrected chi connectivity index (χ4v) is 2.07. The summed E-state index contributed by atoms with van der Waals surface area (Å²) < 4.78 is 0. The highest BCUT2D eigenvalue weighted by atomic mass is 35.5. The Morgan fingerprint density at radius 2 is 1.67 bits per heavy atom. The van der Waals surface area contributed by atoms with E-state index in [-0.39, 0.29) is 5.41 Å². The van der Waals surface area contributed by atoms with Crippen LogP contribution in [0.25, 0.3) is 0 Å². The van der Waals surface area contributed by atoms with Crippen LogP contribution in [0.15, 0.2) is 24.3 Å². The lowest BCUT2D eigenvalue weighted by molar-refractivity contribution is 0.588. The third-order valence-electron chi connectivity index (χ3n) is 3.14. The summed E-state index contributed by atoms with van der Waals surface area (Å²) in [6.07, 6.45) is 3.57. The number of hydrogen-bond donors (Lipinski definition) is 1. The van der Waals surface area contributed by atoms with Crippen LogP contribution in [0.2, 0.25) is 0 Å². The highest BCUT2D eigenvalue weighted by Crippen LogP contribution is 2.22. The number of alkyl halides is 1. The summed E-state index contributed by atoms with van der Waals surface area (Å²) in [6, 6.07) is 8.94. The molecule has 1 N–H and O–H groups in total. The molecule has 1 nitrogen and oxygen atoms in total. The van der Waals surface area contributed by atoms with Gasteiger partial charge in [0.05, 0.1) is 0 Å². The quantitative estimate of drug-likeness (QED) is 0.567. The van der Waals surface area contributed by atoms with Gasteiger partial charge in [0.25, 0.3) is 0 Å². The highest BCUT2D eigenvalue weighted by Gasteiger charge is 2.12. The fourth-order valence-electron chi connectivity index (χ4n) is 1.88. The minimum absolute atomic E-state index is 0.244. The van der Waals surface area contributed by atoms with E-state index in [1.165, 1.54) is 24.0 Å². The molecule has 0 saturated carbocycles. The Labute approximate surface area is 117 Å². The van der Waals surface area contributed by atoms with E-state index in [1.54, 1.807) is 0 Å². The first-order chi connectivity index (χ1) is 8.54. The Morgan fingerprint density at radius 3 is 2.22 bits per heavy atom. The van der Waals surface area contributed by atoms with Crippen molar-refractivity contribution >= 4 is 11.6 Å². The van der Waals surface area contributed by atoms with E-state index in [1.807, 2.05) is 0 Å². The summed E-state index contributed by atoms with van der Waals surface area (Å²) in [7, 11) is 0. The Morgan fingerprint density at radius 1 is 1.00 bits per heavy atom. The number of nitrogens with one attached hydrogen (secondary N) is 1. The van der Waals surface area contributed by atoms with Crippen LogP contribution in [0.1, 0.15) is 51.2 Å². The van der Waals surface area contributed by atoms with Gasteiger partial charge in [0.2, 0.25) is 0 Å². The van der Waals surface area contributed by atoms with Crippen molar-refractivity contribution in [2.45, 2.75) is 52.0 Å². The second-order valence-corrected chi connectivity index (χ2v) is 6.25. The molecular formula is C16H26ClN. The largest absolute Gasteiger partial charge is 0.313 e. The second kappa shape index (κ2) is 7.81. The molecule has 2 heteroatoms. The van der Waals surface area contributed by atoms with Gasteiger partial charge in [-0.25, -0.2) is 0 Å². The molecule has 102 valence electrons. The molecule has 0 aliphatic rings. The maximum Gasteiger partial charge on any atom is 0.0223 e. The van der Waals surface area contributed by atoms with Crippen molar-refractivity contribution in [3.05, 3.63) is 35.4 Å². The van der Waals surface area contributed by atoms with Crippen molar-refractivity contribution in [3.63, 3.8) is 0 Å². The van der Waals surface area contributed by atoms with Crippen molar-refractivity contribution in [1.82, 2.24) is 5.32 Å². The van der Waals surface area contributed by atoms with Gasteiger partial charge in [0.15, 0.2) is 0 Å². The lowest BCUT2D eigenvalue weighted by Crippen LogP contribution is -2.15. The maximum absolute atomic E-state index is 5.64. The molecule has 0 aliphatic heterocycles. The zero-order chi connectivity index (χ0) is 13.4. The van der Waals surface area contributed by atoms with Crippen LogP contribution in [0.3, 0.4) is 0 Å². The number of rotatable bonds is 7. The monoisotopic (exact) mass is 267 g/mol. The van der Waals surface area contributed by atoms with E-state index in [2.05, 4.69) is 50.4 Å². The topological polar surface area (TPSA) is 12.0 Å². The second-order valence-electron chi connectivity index (χ2n) is 5.87. The van der Waals surface area contributed by atoms with Crippen LogP contribution >= 0.6 is 11.6 Å². The van der Waals surface area contributed by atoms with Crippen molar-refractivity contribution in [3.8, 4) is 0 Å². The normalized spacial score (nSPS) is 11.8. The van der Waals surface area contributed by atoms with Gasteiger partial charge in [-0.1, -0.05) is 51.5 Å². The molecule has 1 aromatic carbocycles. The van der Waals surface area contributed by atoms with Crippen molar-refractivity contribution in [2.24, 2.45) is 0 Å². The van der Waals surface area contributed by atoms with Crippen LogP contribution in [0, 0.1) is 0 Å². The SMILES string of the molecule is CC(C)(C)c1ccc(CNCCCCCCl)cc1. The van der Waals surface area contributed by atoms with Gasteiger partial charge < -0.3 is 5.32 Å². The molecule has 0 saturated heterocycles. The Kier molecular flexibility index (Phi) is 6.73. The molecule has 0 bridgehead atoms. The Balaban J connectivity index is 2.27. The average molecular weight is 268 g/mol. The summed E-state index contributed by atoms with van der Waals surface area (Å²) in [4.78, 5) is 0. The van der Waals surface area contributed by atoms with Gasteiger partial charge in [0, 0.05) is 12.4 Å². The molecular weight excluding hydrogens is 242 g/mol. The van der Waals surface area contributed by atoms with Crippen LogP contribution in [-0.4, -0.2) is 12.4 Å². The zero-order valence-corrected chi connectivity index (χ0v) is 12.7. The maximum atomic E-state index is 5.64. The molecule has 0 radical (unpaired) electrons. The van der Waals surface area contributed by atoms with Gasteiger partial charge in [-0.05, 0) is 35.9 Å². The third-order valence-corrected chi connectivity index (χ3v) is 3.40. The van der Waals surface area contributed by atoms with Gasteiger partial charge in [-0.15, -0.1) is 11.6 Å².